The molecule has 140 valence electrons. The fraction of sp³-hybridized carbons (Fsp3) is 0.158. The van der Waals surface area contributed by atoms with Crippen LogP contribution >= 0.6 is 51.5 Å². The highest BCUT2D eigenvalue weighted by Crippen LogP contribution is 2.40. The Balaban J connectivity index is 1.95. The summed E-state index contributed by atoms with van der Waals surface area (Å²) in [5.74, 6) is 1.03. The summed E-state index contributed by atoms with van der Waals surface area (Å²) in [6.45, 7) is 2.42. The number of carbonyl (C=O) groups is 1. The number of hydrogen-bond acceptors (Lipinski definition) is 5. The van der Waals surface area contributed by atoms with Crippen molar-refractivity contribution >= 4 is 73.5 Å². The number of anilines is 1. The Morgan fingerprint density at radius 1 is 1.33 bits per heavy atom. The van der Waals surface area contributed by atoms with Gasteiger partial charge in [0.2, 0.25) is 0 Å². The molecule has 0 aromatic heterocycles. The van der Waals surface area contributed by atoms with E-state index in [0.29, 0.717) is 38.0 Å². The minimum Gasteiger partial charge on any atom is -0.493 e. The molecule has 1 heterocycles. The van der Waals surface area contributed by atoms with Crippen molar-refractivity contribution < 1.29 is 14.3 Å². The van der Waals surface area contributed by atoms with Gasteiger partial charge in [0.25, 0.3) is 5.91 Å². The third-order valence-electron chi connectivity index (χ3n) is 3.70. The van der Waals surface area contributed by atoms with Gasteiger partial charge in [0, 0.05) is 5.02 Å². The number of nitrogens with zero attached hydrogens (tertiary/aromatic N) is 1. The monoisotopic (exact) mass is 483 g/mol. The topological polar surface area (TPSA) is 38.8 Å². The van der Waals surface area contributed by atoms with Crippen LogP contribution in [0, 0.1) is 0 Å². The number of thioether (sulfide) groups is 1. The quantitative estimate of drug-likeness (QED) is 0.389. The summed E-state index contributed by atoms with van der Waals surface area (Å²) in [6, 6.07) is 10.7. The van der Waals surface area contributed by atoms with Crippen LogP contribution in [0.4, 0.5) is 5.69 Å². The van der Waals surface area contributed by atoms with E-state index in [9.17, 15) is 4.79 Å². The average molecular weight is 485 g/mol. The number of carbonyl (C=O) groups excluding carboxylic acids is 1. The SMILES string of the molecule is CCOc1c(Br)cc(/C=C2\SC(=S)N(c3cccc(Cl)c3)C2=O)cc1OC. The third kappa shape index (κ3) is 4.32. The van der Waals surface area contributed by atoms with Crippen LogP contribution in [0.2, 0.25) is 5.02 Å². The molecule has 1 amide bonds. The zero-order valence-electron chi connectivity index (χ0n) is 14.5. The zero-order chi connectivity index (χ0) is 19.6. The van der Waals surface area contributed by atoms with E-state index in [1.165, 1.54) is 16.7 Å². The first-order valence-electron chi connectivity index (χ1n) is 7.98. The van der Waals surface area contributed by atoms with E-state index >= 15 is 0 Å². The lowest BCUT2D eigenvalue weighted by molar-refractivity contribution is -0.113. The normalized spacial score (nSPS) is 15.6. The smallest absolute Gasteiger partial charge is 0.270 e. The summed E-state index contributed by atoms with van der Waals surface area (Å²) in [5.41, 5.74) is 1.45. The minimum absolute atomic E-state index is 0.184. The molecule has 8 heteroatoms. The van der Waals surface area contributed by atoms with Gasteiger partial charge in [0.1, 0.15) is 0 Å². The van der Waals surface area contributed by atoms with Gasteiger partial charge in [-0.2, -0.15) is 0 Å². The third-order valence-corrected chi connectivity index (χ3v) is 5.82. The Morgan fingerprint density at radius 2 is 2.11 bits per heavy atom. The van der Waals surface area contributed by atoms with Crippen LogP contribution in [-0.2, 0) is 4.79 Å². The van der Waals surface area contributed by atoms with Gasteiger partial charge in [-0.05, 0) is 64.8 Å². The van der Waals surface area contributed by atoms with Gasteiger partial charge in [-0.25, -0.2) is 0 Å². The predicted molar refractivity (Wildman–Crippen MR) is 119 cm³/mol. The summed E-state index contributed by atoms with van der Waals surface area (Å²) in [5, 5.41) is 0.547. The molecule has 0 spiro atoms. The van der Waals surface area contributed by atoms with Gasteiger partial charge in [-0.15, -0.1) is 0 Å². The van der Waals surface area contributed by atoms with Crippen molar-refractivity contribution in [2.75, 3.05) is 18.6 Å². The molecule has 4 nitrogen and oxygen atoms in total. The van der Waals surface area contributed by atoms with Crippen LogP contribution in [0.3, 0.4) is 0 Å². The van der Waals surface area contributed by atoms with E-state index in [2.05, 4.69) is 15.9 Å². The summed E-state index contributed by atoms with van der Waals surface area (Å²) in [4.78, 5) is 14.9. The second-order valence-electron chi connectivity index (χ2n) is 5.46. The van der Waals surface area contributed by atoms with Crippen LogP contribution in [0.25, 0.3) is 6.08 Å². The Hall–Kier alpha value is -1.54. The number of rotatable bonds is 5. The minimum atomic E-state index is -0.184. The molecular formula is C19H15BrClNO3S2. The molecular weight excluding hydrogens is 470 g/mol. The van der Waals surface area contributed by atoms with E-state index in [4.69, 9.17) is 33.3 Å². The number of halogens is 2. The summed E-state index contributed by atoms with van der Waals surface area (Å²) in [6.07, 6.45) is 1.78. The second kappa shape index (κ2) is 8.65. The van der Waals surface area contributed by atoms with Crippen molar-refractivity contribution in [2.45, 2.75) is 6.92 Å². The first kappa shape index (κ1) is 20.2. The van der Waals surface area contributed by atoms with Crippen LogP contribution < -0.4 is 14.4 Å². The summed E-state index contributed by atoms with van der Waals surface area (Å²) < 4.78 is 12.2. The van der Waals surface area contributed by atoms with Crippen molar-refractivity contribution in [3.05, 3.63) is 56.4 Å². The highest BCUT2D eigenvalue weighted by Gasteiger charge is 2.33. The standard InChI is InChI=1S/C19H15BrClNO3S2/c1-3-25-17-14(20)7-11(8-15(17)24-2)9-16-18(23)22(19(26)27-16)13-6-4-5-12(21)10-13/h4-10H,3H2,1-2H3/b16-9-. The summed E-state index contributed by atoms with van der Waals surface area (Å²) >= 11 is 16.2. The number of thiocarbonyl (C=S) groups is 1. The van der Waals surface area contributed by atoms with Gasteiger partial charge < -0.3 is 9.47 Å². The maximum atomic E-state index is 12.9. The molecule has 0 saturated carbocycles. The van der Waals surface area contributed by atoms with Gasteiger partial charge in [-0.1, -0.05) is 41.6 Å². The lowest BCUT2D eigenvalue weighted by Crippen LogP contribution is -2.27. The fourth-order valence-electron chi connectivity index (χ4n) is 2.56. The largest absolute Gasteiger partial charge is 0.493 e. The van der Waals surface area contributed by atoms with Crippen molar-refractivity contribution in [1.29, 1.82) is 0 Å². The number of methoxy groups -OCH3 is 1. The van der Waals surface area contributed by atoms with E-state index in [0.717, 1.165) is 10.0 Å². The Kier molecular flexibility index (Phi) is 6.47. The van der Waals surface area contributed by atoms with Crippen molar-refractivity contribution in [2.24, 2.45) is 0 Å². The molecule has 1 saturated heterocycles. The Labute approximate surface area is 180 Å². The molecule has 2 aromatic carbocycles. The lowest BCUT2D eigenvalue weighted by Gasteiger charge is -2.14. The molecule has 27 heavy (non-hydrogen) atoms. The first-order chi connectivity index (χ1) is 12.9. The molecule has 0 atom stereocenters. The van der Waals surface area contributed by atoms with Crippen LogP contribution in [0.5, 0.6) is 11.5 Å². The van der Waals surface area contributed by atoms with Crippen LogP contribution in [-0.4, -0.2) is 23.9 Å². The fourth-order valence-corrected chi connectivity index (χ4v) is 4.62. The molecule has 1 aliphatic heterocycles. The molecule has 2 aromatic rings. The molecule has 3 rings (SSSR count). The van der Waals surface area contributed by atoms with Crippen molar-refractivity contribution in [3.8, 4) is 11.5 Å². The Bertz CT molecular complexity index is 949. The average Bonchev–Trinajstić information content (AvgIpc) is 2.90. The number of amides is 1. The molecule has 0 radical (unpaired) electrons. The second-order valence-corrected chi connectivity index (χ2v) is 8.43. The molecule has 0 bridgehead atoms. The molecule has 1 aliphatic rings. The number of hydrogen-bond donors (Lipinski definition) is 0. The van der Waals surface area contributed by atoms with Crippen molar-refractivity contribution in [3.63, 3.8) is 0 Å². The number of benzene rings is 2. The van der Waals surface area contributed by atoms with E-state index in [-0.39, 0.29) is 5.91 Å². The maximum absolute atomic E-state index is 12.9. The van der Waals surface area contributed by atoms with Gasteiger partial charge in [0.05, 0.1) is 28.8 Å². The summed E-state index contributed by atoms with van der Waals surface area (Å²) in [7, 11) is 1.58. The van der Waals surface area contributed by atoms with Crippen LogP contribution in [0.15, 0.2) is 45.8 Å². The first-order valence-corrected chi connectivity index (χ1v) is 10.4. The predicted octanol–water partition coefficient (Wildman–Crippen LogP) is 5.92. The van der Waals surface area contributed by atoms with Gasteiger partial charge >= 0.3 is 0 Å². The molecule has 1 fully saturated rings. The van der Waals surface area contributed by atoms with Gasteiger partial charge in [0.15, 0.2) is 15.8 Å². The maximum Gasteiger partial charge on any atom is 0.270 e. The van der Waals surface area contributed by atoms with Gasteiger partial charge in [-0.3, -0.25) is 9.69 Å². The zero-order valence-corrected chi connectivity index (χ0v) is 18.5. The van der Waals surface area contributed by atoms with Crippen molar-refractivity contribution in [1.82, 2.24) is 0 Å². The number of ether oxygens (including phenoxy) is 2. The Morgan fingerprint density at radius 3 is 2.78 bits per heavy atom. The highest BCUT2D eigenvalue weighted by molar-refractivity contribution is 9.10. The molecule has 0 unspecified atom stereocenters. The van der Waals surface area contributed by atoms with E-state index in [1.54, 1.807) is 37.5 Å². The molecule has 0 N–H and O–H groups in total. The lowest BCUT2D eigenvalue weighted by atomic mass is 10.1. The molecule has 0 aliphatic carbocycles. The van der Waals surface area contributed by atoms with E-state index < -0.39 is 0 Å². The highest BCUT2D eigenvalue weighted by atomic mass is 79.9. The van der Waals surface area contributed by atoms with Crippen LogP contribution in [0.1, 0.15) is 12.5 Å². The van der Waals surface area contributed by atoms with E-state index in [1.807, 2.05) is 19.1 Å².